The third-order valence-corrected chi connectivity index (χ3v) is 1.77. The van der Waals surface area contributed by atoms with E-state index in [1.807, 2.05) is 0 Å². The van der Waals surface area contributed by atoms with Gasteiger partial charge in [-0.3, -0.25) is 0 Å². The van der Waals surface area contributed by atoms with Gasteiger partial charge in [0.2, 0.25) is 0 Å². The average molecular weight is 244 g/mol. The highest BCUT2D eigenvalue weighted by Gasteiger charge is 2.30. The van der Waals surface area contributed by atoms with Crippen LogP contribution in [0.3, 0.4) is 0 Å². The fourth-order valence-electron chi connectivity index (χ4n) is 0.814. The van der Waals surface area contributed by atoms with Crippen LogP contribution in [0.2, 0.25) is 0 Å². The van der Waals surface area contributed by atoms with Crippen molar-refractivity contribution in [1.29, 1.82) is 0 Å². The molecule has 0 N–H and O–H groups in total. The molecule has 1 rings (SSSR count). The van der Waals surface area contributed by atoms with E-state index in [1.165, 1.54) is 0 Å². The summed E-state index contributed by atoms with van der Waals surface area (Å²) in [7, 11) is -5.21. The van der Waals surface area contributed by atoms with Crippen LogP contribution in [0.4, 0.5) is 17.1 Å². The van der Waals surface area contributed by atoms with Gasteiger partial charge in [-0.15, -0.1) is 0 Å². The Kier molecular flexibility index (Phi) is 2.89. The molecule has 84 valence electrons. The summed E-state index contributed by atoms with van der Waals surface area (Å²) in [5, 5.41) is 0. The van der Waals surface area contributed by atoms with Gasteiger partial charge in [-0.05, 0) is 24.3 Å². The number of halogens is 4. The van der Waals surface area contributed by atoms with Crippen LogP contribution < -0.4 is 4.18 Å². The Morgan fingerprint density at radius 3 is 1.87 bits per heavy atom. The summed E-state index contributed by atoms with van der Waals surface area (Å²) in [6.07, 6.45) is -4.53. The summed E-state index contributed by atoms with van der Waals surface area (Å²) < 4.78 is 71.7. The first-order valence-corrected chi connectivity index (χ1v) is 4.81. The smallest absolute Gasteiger partial charge is 0.358 e. The lowest BCUT2D eigenvalue weighted by Crippen LogP contribution is -2.05. The fourth-order valence-corrected chi connectivity index (χ4v) is 1.16. The average Bonchev–Trinajstić information content (AvgIpc) is 2.00. The van der Waals surface area contributed by atoms with Gasteiger partial charge in [-0.1, -0.05) is 3.89 Å². The molecular formula is C7H4F4O3S. The molecule has 0 bridgehead atoms. The van der Waals surface area contributed by atoms with E-state index in [9.17, 15) is 25.5 Å². The second kappa shape index (κ2) is 3.69. The number of hydrogen-bond donors (Lipinski definition) is 0. The van der Waals surface area contributed by atoms with E-state index in [0.29, 0.717) is 24.3 Å². The lowest BCUT2D eigenvalue weighted by molar-refractivity contribution is -0.137. The van der Waals surface area contributed by atoms with Gasteiger partial charge in [0.05, 0.1) is 5.56 Å². The number of benzene rings is 1. The second-order valence-corrected chi connectivity index (χ2v) is 3.45. The van der Waals surface area contributed by atoms with Crippen LogP contribution in [0.15, 0.2) is 24.3 Å². The molecule has 0 amide bonds. The summed E-state index contributed by atoms with van der Waals surface area (Å²) in [5.74, 6) is -0.523. The van der Waals surface area contributed by atoms with Crippen LogP contribution >= 0.6 is 0 Å². The standard InChI is InChI=1S/C7H4F4O3S/c8-7(9,10)5-1-3-6(4-2-5)14-15(11,12)13/h1-4H. The van der Waals surface area contributed by atoms with E-state index in [4.69, 9.17) is 0 Å². The van der Waals surface area contributed by atoms with Crippen molar-refractivity contribution in [2.45, 2.75) is 6.18 Å². The zero-order valence-electron chi connectivity index (χ0n) is 6.95. The molecule has 0 spiro atoms. The van der Waals surface area contributed by atoms with Crippen LogP contribution in [0.1, 0.15) is 5.56 Å². The SMILES string of the molecule is O=S(=O)(F)Oc1ccc(C(F)(F)F)cc1. The van der Waals surface area contributed by atoms with E-state index in [-0.39, 0.29) is 0 Å². The van der Waals surface area contributed by atoms with Crippen molar-refractivity contribution in [2.24, 2.45) is 0 Å². The Bertz CT molecular complexity index is 434. The zero-order valence-corrected chi connectivity index (χ0v) is 7.77. The minimum atomic E-state index is -5.21. The molecule has 0 aliphatic carbocycles. The molecule has 0 aromatic heterocycles. The summed E-state index contributed by atoms with van der Waals surface area (Å²) >= 11 is 0. The molecular weight excluding hydrogens is 240 g/mol. The molecule has 0 saturated carbocycles. The van der Waals surface area contributed by atoms with Crippen molar-refractivity contribution in [3.05, 3.63) is 29.8 Å². The largest absolute Gasteiger partial charge is 0.488 e. The molecule has 0 radical (unpaired) electrons. The molecule has 0 aliphatic heterocycles. The summed E-state index contributed by atoms with van der Waals surface area (Å²) in [5.41, 5.74) is -0.980. The maximum atomic E-state index is 12.0. The molecule has 1 aromatic rings. The maximum absolute atomic E-state index is 12.0. The van der Waals surface area contributed by atoms with Crippen LogP contribution in [-0.2, 0) is 16.7 Å². The van der Waals surface area contributed by atoms with Gasteiger partial charge < -0.3 is 4.18 Å². The number of hydrogen-bond acceptors (Lipinski definition) is 3. The van der Waals surface area contributed by atoms with Crippen LogP contribution in [0.25, 0.3) is 0 Å². The molecule has 1 aromatic carbocycles. The lowest BCUT2D eigenvalue weighted by atomic mass is 10.2. The van der Waals surface area contributed by atoms with Crippen molar-refractivity contribution in [3.8, 4) is 5.75 Å². The summed E-state index contributed by atoms with van der Waals surface area (Å²) in [6, 6.07) is 2.58. The van der Waals surface area contributed by atoms with E-state index in [2.05, 4.69) is 4.18 Å². The Balaban J connectivity index is 2.91. The first-order valence-electron chi connectivity index (χ1n) is 3.50. The van der Waals surface area contributed by atoms with Gasteiger partial charge >= 0.3 is 16.7 Å². The van der Waals surface area contributed by atoms with E-state index < -0.39 is 28.0 Å². The topological polar surface area (TPSA) is 43.4 Å². The molecule has 0 atom stereocenters. The van der Waals surface area contributed by atoms with Gasteiger partial charge in [0.1, 0.15) is 5.75 Å². The third kappa shape index (κ3) is 3.74. The van der Waals surface area contributed by atoms with Crippen molar-refractivity contribution < 1.29 is 29.7 Å². The predicted molar refractivity (Wildman–Crippen MR) is 42.1 cm³/mol. The van der Waals surface area contributed by atoms with E-state index >= 15 is 0 Å². The molecule has 3 nitrogen and oxygen atoms in total. The molecule has 8 heteroatoms. The zero-order chi connectivity index (χ0) is 11.7. The summed E-state index contributed by atoms with van der Waals surface area (Å²) in [4.78, 5) is 0. The van der Waals surface area contributed by atoms with Crippen molar-refractivity contribution in [2.75, 3.05) is 0 Å². The second-order valence-electron chi connectivity index (χ2n) is 2.50. The molecule has 0 fully saturated rings. The highest BCUT2D eigenvalue weighted by Crippen LogP contribution is 2.30. The van der Waals surface area contributed by atoms with Crippen LogP contribution in [-0.4, -0.2) is 8.42 Å². The number of rotatable bonds is 2. The van der Waals surface area contributed by atoms with Crippen molar-refractivity contribution in [1.82, 2.24) is 0 Å². The minimum Gasteiger partial charge on any atom is -0.358 e. The van der Waals surface area contributed by atoms with Gasteiger partial charge in [0, 0.05) is 0 Å². The minimum absolute atomic E-state index is 0.523. The molecule has 0 heterocycles. The first-order chi connectivity index (χ1) is 6.68. The fraction of sp³-hybridized carbons (Fsp3) is 0.143. The predicted octanol–water partition coefficient (Wildman–Crippen LogP) is 2.30. The van der Waals surface area contributed by atoms with Crippen LogP contribution in [0.5, 0.6) is 5.75 Å². The molecule has 0 unspecified atom stereocenters. The molecule has 0 aliphatic rings. The molecule has 0 saturated heterocycles. The lowest BCUT2D eigenvalue weighted by Gasteiger charge is -2.06. The van der Waals surface area contributed by atoms with Crippen LogP contribution in [0, 0.1) is 0 Å². The van der Waals surface area contributed by atoms with Gasteiger partial charge in [-0.2, -0.15) is 21.6 Å². The van der Waals surface area contributed by atoms with Gasteiger partial charge in [0.15, 0.2) is 0 Å². The number of alkyl halides is 3. The summed E-state index contributed by atoms with van der Waals surface area (Å²) in [6.45, 7) is 0. The van der Waals surface area contributed by atoms with Gasteiger partial charge in [-0.25, -0.2) is 0 Å². The Morgan fingerprint density at radius 1 is 1.07 bits per heavy atom. The van der Waals surface area contributed by atoms with Crippen molar-refractivity contribution in [3.63, 3.8) is 0 Å². The Morgan fingerprint density at radius 2 is 1.53 bits per heavy atom. The Labute approximate surface area is 82.7 Å². The Hall–Kier alpha value is -1.31. The third-order valence-electron chi connectivity index (χ3n) is 1.38. The van der Waals surface area contributed by atoms with E-state index in [0.717, 1.165) is 0 Å². The quantitative estimate of drug-likeness (QED) is 0.592. The monoisotopic (exact) mass is 244 g/mol. The van der Waals surface area contributed by atoms with Crippen molar-refractivity contribution >= 4 is 10.5 Å². The normalized spacial score (nSPS) is 12.5. The molecule has 15 heavy (non-hydrogen) atoms. The highest BCUT2D eigenvalue weighted by molar-refractivity contribution is 7.81. The maximum Gasteiger partial charge on any atom is 0.488 e. The van der Waals surface area contributed by atoms with Gasteiger partial charge in [0.25, 0.3) is 0 Å². The highest BCUT2D eigenvalue weighted by atomic mass is 32.3. The first kappa shape index (κ1) is 11.8. The van der Waals surface area contributed by atoms with E-state index in [1.54, 1.807) is 0 Å².